The Morgan fingerprint density at radius 2 is 2.17 bits per heavy atom. The lowest BCUT2D eigenvalue weighted by Gasteiger charge is -1.99. The van der Waals surface area contributed by atoms with Crippen LogP contribution in [0.25, 0.3) is 6.08 Å². The Labute approximate surface area is 115 Å². The van der Waals surface area contributed by atoms with Gasteiger partial charge in [-0.1, -0.05) is 23.2 Å². The fourth-order valence-electron chi connectivity index (χ4n) is 1.48. The van der Waals surface area contributed by atoms with Crippen LogP contribution < -0.4 is 0 Å². The average molecular weight is 281 g/mol. The standard InChI is InChI=1S/C13H10Cl2N2O/c1-17-8-9(7-16-17)2-5-13(18)11-4-3-10(14)6-12(11)15/h2-8H,1H3. The molecule has 1 heterocycles. The van der Waals surface area contributed by atoms with Crippen LogP contribution in [-0.2, 0) is 7.05 Å². The molecule has 0 saturated heterocycles. The second kappa shape index (κ2) is 5.38. The Balaban J connectivity index is 2.19. The third kappa shape index (κ3) is 3.00. The van der Waals surface area contributed by atoms with Gasteiger partial charge in [-0.3, -0.25) is 9.48 Å². The molecular weight excluding hydrogens is 271 g/mol. The van der Waals surface area contributed by atoms with Gasteiger partial charge in [-0.2, -0.15) is 5.10 Å². The zero-order valence-electron chi connectivity index (χ0n) is 9.60. The topological polar surface area (TPSA) is 34.9 Å². The highest BCUT2D eigenvalue weighted by Crippen LogP contribution is 2.21. The molecular formula is C13H10Cl2N2O. The summed E-state index contributed by atoms with van der Waals surface area (Å²) < 4.78 is 1.67. The summed E-state index contributed by atoms with van der Waals surface area (Å²) in [7, 11) is 1.81. The number of aryl methyl sites for hydroxylation is 1. The molecule has 0 aliphatic carbocycles. The van der Waals surface area contributed by atoms with Gasteiger partial charge in [-0.15, -0.1) is 0 Å². The molecule has 0 fully saturated rings. The van der Waals surface area contributed by atoms with Crippen LogP contribution in [0.3, 0.4) is 0 Å². The summed E-state index contributed by atoms with van der Waals surface area (Å²) in [6.07, 6.45) is 6.65. The van der Waals surface area contributed by atoms with Crippen LogP contribution in [0.4, 0.5) is 0 Å². The number of nitrogens with zero attached hydrogens (tertiary/aromatic N) is 2. The number of ketones is 1. The van der Waals surface area contributed by atoms with Crippen molar-refractivity contribution in [2.45, 2.75) is 0 Å². The number of carbonyl (C=O) groups is 1. The number of aromatic nitrogens is 2. The Hall–Kier alpha value is -1.58. The van der Waals surface area contributed by atoms with Crippen LogP contribution >= 0.6 is 23.2 Å². The molecule has 5 heteroatoms. The first-order valence-corrected chi connectivity index (χ1v) is 5.98. The van der Waals surface area contributed by atoms with Gasteiger partial charge < -0.3 is 0 Å². The maximum atomic E-state index is 11.9. The van der Waals surface area contributed by atoms with Crippen LogP contribution in [0.15, 0.2) is 36.7 Å². The van der Waals surface area contributed by atoms with Crippen molar-refractivity contribution in [3.63, 3.8) is 0 Å². The first-order valence-electron chi connectivity index (χ1n) is 5.22. The summed E-state index contributed by atoms with van der Waals surface area (Å²) in [6.45, 7) is 0. The first kappa shape index (κ1) is 12.9. The number of benzene rings is 1. The van der Waals surface area contributed by atoms with Gasteiger partial charge in [-0.25, -0.2) is 0 Å². The van der Waals surface area contributed by atoms with E-state index in [2.05, 4.69) is 5.10 Å². The molecule has 18 heavy (non-hydrogen) atoms. The van der Waals surface area contributed by atoms with Crippen LogP contribution in [-0.4, -0.2) is 15.6 Å². The van der Waals surface area contributed by atoms with Crippen LogP contribution in [0.1, 0.15) is 15.9 Å². The van der Waals surface area contributed by atoms with Crippen molar-refractivity contribution >= 4 is 35.1 Å². The molecule has 0 aliphatic heterocycles. The van der Waals surface area contributed by atoms with Crippen molar-refractivity contribution in [2.75, 3.05) is 0 Å². The fraction of sp³-hybridized carbons (Fsp3) is 0.0769. The minimum atomic E-state index is -0.166. The van der Waals surface area contributed by atoms with E-state index in [1.807, 2.05) is 13.2 Å². The lowest BCUT2D eigenvalue weighted by molar-refractivity contribution is 0.104. The van der Waals surface area contributed by atoms with E-state index in [1.165, 1.54) is 6.08 Å². The third-order valence-electron chi connectivity index (χ3n) is 2.35. The molecule has 2 rings (SSSR count). The smallest absolute Gasteiger partial charge is 0.187 e. The number of hydrogen-bond acceptors (Lipinski definition) is 2. The van der Waals surface area contributed by atoms with Crippen molar-refractivity contribution < 1.29 is 4.79 Å². The van der Waals surface area contributed by atoms with Crippen molar-refractivity contribution in [1.82, 2.24) is 9.78 Å². The van der Waals surface area contributed by atoms with Crippen LogP contribution in [0.5, 0.6) is 0 Å². The maximum absolute atomic E-state index is 11.9. The number of rotatable bonds is 3. The summed E-state index contributed by atoms with van der Waals surface area (Å²) in [5.74, 6) is -0.166. The summed E-state index contributed by atoms with van der Waals surface area (Å²) >= 11 is 11.7. The second-order valence-electron chi connectivity index (χ2n) is 3.77. The van der Waals surface area contributed by atoms with E-state index in [0.717, 1.165) is 5.56 Å². The maximum Gasteiger partial charge on any atom is 0.187 e. The minimum Gasteiger partial charge on any atom is -0.289 e. The van der Waals surface area contributed by atoms with Gasteiger partial charge >= 0.3 is 0 Å². The molecule has 2 aromatic rings. The van der Waals surface area contributed by atoms with Crippen molar-refractivity contribution in [2.24, 2.45) is 7.05 Å². The molecule has 0 amide bonds. The summed E-state index contributed by atoms with van der Waals surface area (Å²) in [5.41, 5.74) is 1.29. The zero-order chi connectivity index (χ0) is 13.1. The van der Waals surface area contributed by atoms with E-state index < -0.39 is 0 Å². The highest BCUT2D eigenvalue weighted by atomic mass is 35.5. The zero-order valence-corrected chi connectivity index (χ0v) is 11.1. The van der Waals surface area contributed by atoms with Crippen LogP contribution in [0.2, 0.25) is 10.0 Å². The number of hydrogen-bond donors (Lipinski definition) is 0. The van der Waals surface area contributed by atoms with Crippen molar-refractivity contribution in [1.29, 1.82) is 0 Å². The Morgan fingerprint density at radius 1 is 1.39 bits per heavy atom. The predicted octanol–water partition coefficient (Wildman–Crippen LogP) is 3.62. The molecule has 0 saturated carbocycles. The van der Waals surface area contributed by atoms with E-state index >= 15 is 0 Å². The van der Waals surface area contributed by atoms with E-state index in [-0.39, 0.29) is 5.78 Å². The van der Waals surface area contributed by atoms with Gasteiger partial charge in [0.15, 0.2) is 5.78 Å². The highest BCUT2D eigenvalue weighted by Gasteiger charge is 2.07. The Bertz CT molecular complexity index is 617. The van der Waals surface area contributed by atoms with Gasteiger partial charge in [0.05, 0.1) is 11.2 Å². The first-order chi connectivity index (χ1) is 8.56. The molecule has 0 spiro atoms. The van der Waals surface area contributed by atoms with Crippen molar-refractivity contribution in [3.05, 3.63) is 57.8 Å². The molecule has 0 unspecified atom stereocenters. The van der Waals surface area contributed by atoms with Gasteiger partial charge in [-0.05, 0) is 30.4 Å². The van der Waals surface area contributed by atoms with Gasteiger partial charge in [0, 0.05) is 29.4 Å². The van der Waals surface area contributed by atoms with Gasteiger partial charge in [0.25, 0.3) is 0 Å². The Morgan fingerprint density at radius 3 is 2.78 bits per heavy atom. The Kier molecular flexibility index (Phi) is 3.84. The molecule has 92 valence electrons. The lowest BCUT2D eigenvalue weighted by Crippen LogP contribution is -1.95. The van der Waals surface area contributed by atoms with Gasteiger partial charge in [0.2, 0.25) is 0 Å². The molecule has 1 aromatic carbocycles. The van der Waals surface area contributed by atoms with Gasteiger partial charge in [0.1, 0.15) is 0 Å². The average Bonchev–Trinajstić information content (AvgIpc) is 2.72. The molecule has 0 aliphatic rings. The third-order valence-corrected chi connectivity index (χ3v) is 2.90. The largest absolute Gasteiger partial charge is 0.289 e. The predicted molar refractivity (Wildman–Crippen MR) is 73.0 cm³/mol. The molecule has 0 radical (unpaired) electrons. The van der Waals surface area contributed by atoms with E-state index in [1.54, 1.807) is 35.2 Å². The summed E-state index contributed by atoms with van der Waals surface area (Å²) in [5, 5.41) is 4.86. The second-order valence-corrected chi connectivity index (χ2v) is 4.61. The van der Waals surface area contributed by atoms with E-state index in [0.29, 0.717) is 15.6 Å². The quantitative estimate of drug-likeness (QED) is 0.636. The minimum absolute atomic E-state index is 0.166. The van der Waals surface area contributed by atoms with Crippen molar-refractivity contribution in [3.8, 4) is 0 Å². The monoisotopic (exact) mass is 280 g/mol. The highest BCUT2D eigenvalue weighted by molar-refractivity contribution is 6.37. The fourth-order valence-corrected chi connectivity index (χ4v) is 1.98. The number of carbonyl (C=O) groups excluding carboxylic acids is 1. The molecule has 1 aromatic heterocycles. The molecule has 0 N–H and O–H groups in total. The molecule has 0 atom stereocenters. The molecule has 0 bridgehead atoms. The normalized spacial score (nSPS) is 11.1. The van der Waals surface area contributed by atoms with E-state index in [9.17, 15) is 4.79 Å². The lowest BCUT2D eigenvalue weighted by atomic mass is 10.1. The number of halogens is 2. The summed E-state index contributed by atoms with van der Waals surface area (Å²) in [6, 6.07) is 4.80. The van der Waals surface area contributed by atoms with E-state index in [4.69, 9.17) is 23.2 Å². The van der Waals surface area contributed by atoms with Crippen LogP contribution in [0, 0.1) is 0 Å². The number of allylic oxidation sites excluding steroid dienone is 1. The SMILES string of the molecule is Cn1cc(C=CC(=O)c2ccc(Cl)cc2Cl)cn1. The summed E-state index contributed by atoms with van der Waals surface area (Å²) in [4.78, 5) is 11.9. The molecule has 3 nitrogen and oxygen atoms in total.